The Morgan fingerprint density at radius 2 is 1.64 bits per heavy atom. The SMILES string of the molecule is O=C(Cc1ccccc1)NS(=O)(=O)c1ccc([N+](=O)[O-])cc1. The fourth-order valence-electron chi connectivity index (χ4n) is 1.77. The van der Waals surface area contributed by atoms with Crippen LogP contribution in [0.1, 0.15) is 5.56 Å². The van der Waals surface area contributed by atoms with E-state index in [1.54, 1.807) is 30.3 Å². The lowest BCUT2D eigenvalue weighted by Gasteiger charge is -2.07. The number of nitrogens with one attached hydrogen (secondary N) is 1. The first-order chi connectivity index (χ1) is 10.4. The summed E-state index contributed by atoms with van der Waals surface area (Å²) in [5.74, 6) is -0.676. The molecule has 0 spiro atoms. The van der Waals surface area contributed by atoms with Crippen molar-refractivity contribution in [1.29, 1.82) is 0 Å². The van der Waals surface area contributed by atoms with Gasteiger partial charge < -0.3 is 0 Å². The summed E-state index contributed by atoms with van der Waals surface area (Å²) >= 11 is 0. The Labute approximate surface area is 126 Å². The fraction of sp³-hybridized carbons (Fsp3) is 0.0714. The highest BCUT2D eigenvalue weighted by atomic mass is 32.2. The number of hydrogen-bond acceptors (Lipinski definition) is 5. The van der Waals surface area contributed by atoms with Crippen LogP contribution in [0, 0.1) is 10.1 Å². The van der Waals surface area contributed by atoms with E-state index < -0.39 is 20.9 Å². The number of carbonyl (C=O) groups is 1. The zero-order valence-electron chi connectivity index (χ0n) is 11.3. The minimum atomic E-state index is -4.04. The maximum atomic E-state index is 12.0. The third-order valence-corrected chi connectivity index (χ3v) is 4.20. The highest BCUT2D eigenvalue weighted by molar-refractivity contribution is 7.90. The van der Waals surface area contributed by atoms with Crippen molar-refractivity contribution in [2.75, 3.05) is 0 Å². The van der Waals surface area contributed by atoms with E-state index in [2.05, 4.69) is 0 Å². The lowest BCUT2D eigenvalue weighted by molar-refractivity contribution is -0.384. The van der Waals surface area contributed by atoms with E-state index in [0.29, 0.717) is 5.56 Å². The Bertz CT molecular complexity index is 786. The van der Waals surface area contributed by atoms with Gasteiger partial charge in [0.25, 0.3) is 15.7 Å². The van der Waals surface area contributed by atoms with Crippen molar-refractivity contribution < 1.29 is 18.1 Å². The van der Waals surface area contributed by atoms with E-state index in [1.807, 2.05) is 4.72 Å². The van der Waals surface area contributed by atoms with Gasteiger partial charge in [0.15, 0.2) is 0 Å². The summed E-state index contributed by atoms with van der Waals surface area (Å²) in [7, 11) is -4.04. The third kappa shape index (κ3) is 3.89. The molecule has 0 aliphatic carbocycles. The van der Waals surface area contributed by atoms with Gasteiger partial charge in [-0.1, -0.05) is 30.3 Å². The number of amides is 1. The van der Waals surface area contributed by atoms with Gasteiger partial charge in [-0.15, -0.1) is 0 Å². The summed E-state index contributed by atoms with van der Waals surface area (Å²) in [6.07, 6.45) is -0.0763. The first-order valence-electron chi connectivity index (χ1n) is 6.22. The van der Waals surface area contributed by atoms with Gasteiger partial charge in [-0.25, -0.2) is 13.1 Å². The molecule has 0 aliphatic rings. The summed E-state index contributed by atoms with van der Waals surface area (Å²) < 4.78 is 26.0. The van der Waals surface area contributed by atoms with Gasteiger partial charge in [0.1, 0.15) is 0 Å². The lowest BCUT2D eigenvalue weighted by Crippen LogP contribution is -2.31. The molecule has 22 heavy (non-hydrogen) atoms. The van der Waals surface area contributed by atoms with Gasteiger partial charge >= 0.3 is 0 Å². The zero-order valence-corrected chi connectivity index (χ0v) is 12.1. The molecule has 0 fully saturated rings. The number of carbonyl (C=O) groups excluding carboxylic acids is 1. The number of non-ortho nitro benzene ring substituents is 1. The van der Waals surface area contributed by atoms with Crippen LogP contribution < -0.4 is 4.72 Å². The van der Waals surface area contributed by atoms with Crippen LogP contribution >= 0.6 is 0 Å². The molecule has 114 valence electrons. The minimum absolute atomic E-state index is 0.0763. The number of hydrogen-bond donors (Lipinski definition) is 1. The molecule has 0 atom stereocenters. The predicted octanol–water partition coefficient (Wildman–Crippen LogP) is 1.64. The van der Waals surface area contributed by atoms with Crippen molar-refractivity contribution in [3.8, 4) is 0 Å². The van der Waals surface area contributed by atoms with Crippen molar-refractivity contribution in [3.63, 3.8) is 0 Å². The smallest absolute Gasteiger partial charge is 0.269 e. The van der Waals surface area contributed by atoms with Crippen LogP contribution in [0.15, 0.2) is 59.5 Å². The summed E-state index contributed by atoms with van der Waals surface area (Å²) in [4.78, 5) is 21.5. The molecule has 0 saturated heterocycles. The Balaban J connectivity index is 2.10. The molecule has 0 aromatic heterocycles. The fourth-order valence-corrected chi connectivity index (χ4v) is 2.76. The van der Waals surface area contributed by atoms with Gasteiger partial charge in [-0.05, 0) is 17.7 Å². The van der Waals surface area contributed by atoms with Crippen molar-refractivity contribution in [3.05, 3.63) is 70.3 Å². The number of nitro groups is 1. The standard InChI is InChI=1S/C14H12N2O5S/c17-14(10-11-4-2-1-3-5-11)15-22(20,21)13-8-6-12(7-9-13)16(18)19/h1-9H,10H2,(H,15,17). The molecule has 2 aromatic rings. The molecule has 0 aliphatic heterocycles. The minimum Gasteiger partial charge on any atom is -0.274 e. The first kappa shape index (κ1) is 15.6. The van der Waals surface area contributed by atoms with E-state index in [4.69, 9.17) is 0 Å². The van der Waals surface area contributed by atoms with Crippen LogP contribution in [0.4, 0.5) is 5.69 Å². The van der Waals surface area contributed by atoms with Gasteiger partial charge in [0.2, 0.25) is 5.91 Å². The normalized spacial score (nSPS) is 10.9. The highest BCUT2D eigenvalue weighted by Crippen LogP contribution is 2.15. The van der Waals surface area contributed by atoms with Crippen LogP contribution in [-0.4, -0.2) is 19.2 Å². The molecule has 7 nitrogen and oxygen atoms in total. The second-order valence-electron chi connectivity index (χ2n) is 4.44. The number of nitro benzene ring substituents is 1. The Hall–Kier alpha value is -2.74. The van der Waals surface area contributed by atoms with Gasteiger partial charge in [-0.2, -0.15) is 0 Å². The quantitative estimate of drug-likeness (QED) is 0.666. The number of benzene rings is 2. The molecule has 2 aromatic carbocycles. The topological polar surface area (TPSA) is 106 Å². The number of sulfonamides is 1. The van der Waals surface area contributed by atoms with Gasteiger partial charge in [0.05, 0.1) is 16.2 Å². The van der Waals surface area contributed by atoms with E-state index in [1.165, 1.54) is 0 Å². The largest absolute Gasteiger partial charge is 0.274 e. The third-order valence-electron chi connectivity index (χ3n) is 2.81. The summed E-state index contributed by atoms with van der Waals surface area (Å²) in [6.45, 7) is 0. The molecule has 1 N–H and O–H groups in total. The Morgan fingerprint density at radius 3 is 2.18 bits per heavy atom. The highest BCUT2D eigenvalue weighted by Gasteiger charge is 2.18. The Kier molecular flexibility index (Phi) is 4.52. The molecule has 0 saturated carbocycles. The van der Waals surface area contributed by atoms with Crippen molar-refractivity contribution in [2.24, 2.45) is 0 Å². The summed E-state index contributed by atoms with van der Waals surface area (Å²) in [6, 6.07) is 13.0. The molecule has 0 radical (unpaired) electrons. The lowest BCUT2D eigenvalue weighted by atomic mass is 10.1. The average Bonchev–Trinajstić information content (AvgIpc) is 2.47. The molecule has 1 amide bonds. The van der Waals surface area contributed by atoms with Crippen LogP contribution in [0.2, 0.25) is 0 Å². The monoisotopic (exact) mass is 320 g/mol. The maximum absolute atomic E-state index is 12.0. The zero-order chi connectivity index (χ0) is 16.2. The summed E-state index contributed by atoms with van der Waals surface area (Å²) in [5.41, 5.74) is 0.452. The molecule has 0 bridgehead atoms. The van der Waals surface area contributed by atoms with Crippen LogP contribution in [0.25, 0.3) is 0 Å². The van der Waals surface area contributed by atoms with E-state index in [9.17, 15) is 23.3 Å². The molecule has 0 unspecified atom stereocenters. The summed E-state index contributed by atoms with van der Waals surface area (Å²) in [5, 5.41) is 10.5. The second-order valence-corrected chi connectivity index (χ2v) is 6.12. The van der Waals surface area contributed by atoms with E-state index >= 15 is 0 Å². The van der Waals surface area contributed by atoms with Crippen LogP contribution in [0.3, 0.4) is 0 Å². The molecule has 2 rings (SSSR count). The second kappa shape index (κ2) is 6.35. The molecular weight excluding hydrogens is 308 g/mol. The van der Waals surface area contributed by atoms with Gasteiger partial charge in [-0.3, -0.25) is 14.9 Å². The Morgan fingerprint density at radius 1 is 1.05 bits per heavy atom. The number of nitrogens with zero attached hydrogens (tertiary/aromatic N) is 1. The van der Waals surface area contributed by atoms with E-state index in [-0.39, 0.29) is 17.0 Å². The van der Waals surface area contributed by atoms with Crippen molar-refractivity contribution >= 4 is 21.6 Å². The maximum Gasteiger partial charge on any atom is 0.269 e. The number of rotatable bonds is 5. The molecular formula is C14H12N2O5S. The van der Waals surface area contributed by atoms with Crippen LogP contribution in [0.5, 0.6) is 0 Å². The van der Waals surface area contributed by atoms with E-state index in [0.717, 1.165) is 24.3 Å². The molecule has 8 heteroatoms. The first-order valence-corrected chi connectivity index (χ1v) is 7.71. The average molecular weight is 320 g/mol. The molecule has 0 heterocycles. The predicted molar refractivity (Wildman–Crippen MR) is 78.6 cm³/mol. The van der Waals surface area contributed by atoms with Crippen LogP contribution in [-0.2, 0) is 21.2 Å². The van der Waals surface area contributed by atoms with Crippen molar-refractivity contribution in [1.82, 2.24) is 4.72 Å². The van der Waals surface area contributed by atoms with Crippen molar-refractivity contribution in [2.45, 2.75) is 11.3 Å². The van der Waals surface area contributed by atoms with Gasteiger partial charge in [0, 0.05) is 12.1 Å².